The molecule has 2 rings (SSSR count). The highest BCUT2D eigenvalue weighted by atomic mass is 16.3. The average molecular weight is 230 g/mol. The number of hydrogen-bond acceptors (Lipinski definition) is 1. The number of hydrogen-bond donors (Lipinski definition) is 1. The highest BCUT2D eigenvalue weighted by molar-refractivity contribution is 5.20. The Morgan fingerprint density at radius 3 is 2.76 bits per heavy atom. The lowest BCUT2D eigenvalue weighted by molar-refractivity contribution is 0.0236. The molecule has 1 N–H and O–H groups in total. The van der Waals surface area contributed by atoms with E-state index in [1.165, 1.54) is 18.4 Å². The summed E-state index contributed by atoms with van der Waals surface area (Å²) >= 11 is 0. The van der Waals surface area contributed by atoms with Gasteiger partial charge in [0.15, 0.2) is 0 Å². The zero-order chi connectivity index (χ0) is 12.1. The minimum atomic E-state index is -0.529. The summed E-state index contributed by atoms with van der Waals surface area (Å²) in [6.07, 6.45) is 7.92. The van der Waals surface area contributed by atoms with E-state index in [1.807, 2.05) is 6.08 Å². The molecular weight excluding hydrogens is 208 g/mol. The summed E-state index contributed by atoms with van der Waals surface area (Å²) in [5.41, 5.74) is 0.843. The van der Waals surface area contributed by atoms with Crippen molar-refractivity contribution in [2.75, 3.05) is 0 Å². The quantitative estimate of drug-likeness (QED) is 0.613. The van der Waals surface area contributed by atoms with Crippen molar-refractivity contribution in [3.05, 3.63) is 48.6 Å². The van der Waals surface area contributed by atoms with Gasteiger partial charge in [0.2, 0.25) is 0 Å². The first-order valence-electron chi connectivity index (χ1n) is 6.62. The first-order valence-corrected chi connectivity index (χ1v) is 6.62. The van der Waals surface area contributed by atoms with E-state index in [1.54, 1.807) is 0 Å². The highest BCUT2D eigenvalue weighted by Gasteiger charge is 2.31. The van der Waals surface area contributed by atoms with Crippen LogP contribution in [0.1, 0.15) is 50.0 Å². The smallest absolute Gasteiger partial charge is 0.0687 e. The Hall–Kier alpha value is -1.08. The van der Waals surface area contributed by atoms with Gasteiger partial charge >= 0.3 is 0 Å². The van der Waals surface area contributed by atoms with Gasteiger partial charge in [0.1, 0.15) is 0 Å². The molecule has 1 aliphatic carbocycles. The van der Waals surface area contributed by atoms with Crippen molar-refractivity contribution >= 4 is 0 Å². The number of benzene rings is 1. The van der Waals surface area contributed by atoms with E-state index in [-0.39, 0.29) is 0 Å². The second-order valence-electron chi connectivity index (χ2n) is 5.27. The normalized spacial score (nSPS) is 29.6. The van der Waals surface area contributed by atoms with Crippen molar-refractivity contribution in [3.63, 3.8) is 0 Å². The number of rotatable bonds is 3. The minimum absolute atomic E-state index is 0.503. The van der Waals surface area contributed by atoms with Crippen LogP contribution in [0.4, 0.5) is 0 Å². The van der Waals surface area contributed by atoms with Crippen LogP contribution in [0.5, 0.6) is 0 Å². The van der Waals surface area contributed by atoms with Gasteiger partial charge in [0.25, 0.3) is 0 Å². The van der Waals surface area contributed by atoms with Crippen molar-refractivity contribution in [1.29, 1.82) is 0 Å². The second-order valence-corrected chi connectivity index (χ2v) is 5.27. The molecule has 0 bridgehead atoms. The van der Waals surface area contributed by atoms with Crippen LogP contribution in [-0.2, 0) is 0 Å². The summed E-state index contributed by atoms with van der Waals surface area (Å²) in [6, 6.07) is 10.6. The SMILES string of the molecule is C=CC[C@]1(O)CCCC[C@H](c2ccccc2)C1. The molecule has 1 aromatic carbocycles. The monoisotopic (exact) mass is 230 g/mol. The summed E-state index contributed by atoms with van der Waals surface area (Å²) in [5, 5.41) is 10.6. The van der Waals surface area contributed by atoms with Crippen molar-refractivity contribution < 1.29 is 5.11 Å². The molecular formula is C16H22O. The standard InChI is InChI=1S/C16H22O/c1-2-11-16(17)12-7-6-10-15(13-16)14-8-4-3-5-9-14/h2-5,8-9,15,17H,1,6-7,10-13H2/t15-,16-/m0/s1. The number of aliphatic hydroxyl groups is 1. The fraction of sp³-hybridized carbons (Fsp3) is 0.500. The fourth-order valence-corrected chi connectivity index (χ4v) is 2.97. The van der Waals surface area contributed by atoms with Crippen molar-refractivity contribution in [1.82, 2.24) is 0 Å². The van der Waals surface area contributed by atoms with Crippen LogP contribution >= 0.6 is 0 Å². The Balaban J connectivity index is 2.15. The Labute approximate surface area is 104 Å². The van der Waals surface area contributed by atoms with Crippen LogP contribution in [-0.4, -0.2) is 10.7 Å². The topological polar surface area (TPSA) is 20.2 Å². The van der Waals surface area contributed by atoms with E-state index in [0.29, 0.717) is 5.92 Å². The van der Waals surface area contributed by atoms with Gasteiger partial charge in [-0.1, -0.05) is 49.2 Å². The Kier molecular flexibility index (Phi) is 4.01. The van der Waals surface area contributed by atoms with E-state index in [2.05, 4.69) is 36.9 Å². The molecule has 17 heavy (non-hydrogen) atoms. The fourth-order valence-electron chi connectivity index (χ4n) is 2.97. The third-order valence-electron chi connectivity index (χ3n) is 3.87. The molecule has 0 saturated heterocycles. The molecule has 1 nitrogen and oxygen atoms in total. The zero-order valence-corrected chi connectivity index (χ0v) is 10.4. The van der Waals surface area contributed by atoms with Crippen LogP contribution < -0.4 is 0 Å². The van der Waals surface area contributed by atoms with Crippen LogP contribution in [0.3, 0.4) is 0 Å². The lowest BCUT2D eigenvalue weighted by Gasteiger charge is -2.28. The molecule has 0 amide bonds. The van der Waals surface area contributed by atoms with Crippen LogP contribution in [0.2, 0.25) is 0 Å². The molecule has 1 heteroatoms. The van der Waals surface area contributed by atoms with Crippen molar-refractivity contribution in [2.45, 2.75) is 50.0 Å². The van der Waals surface area contributed by atoms with Crippen LogP contribution in [0.15, 0.2) is 43.0 Å². The first-order chi connectivity index (χ1) is 8.23. The summed E-state index contributed by atoms with van der Waals surface area (Å²) < 4.78 is 0. The summed E-state index contributed by atoms with van der Waals surface area (Å²) in [6.45, 7) is 3.77. The van der Waals surface area contributed by atoms with Gasteiger partial charge in [-0.3, -0.25) is 0 Å². The maximum Gasteiger partial charge on any atom is 0.0687 e. The van der Waals surface area contributed by atoms with E-state index >= 15 is 0 Å². The van der Waals surface area contributed by atoms with E-state index in [9.17, 15) is 5.11 Å². The van der Waals surface area contributed by atoms with Crippen molar-refractivity contribution in [3.8, 4) is 0 Å². The Bertz CT molecular complexity index is 357. The molecule has 1 fully saturated rings. The molecule has 1 aromatic rings. The highest BCUT2D eigenvalue weighted by Crippen LogP contribution is 2.38. The second kappa shape index (κ2) is 5.50. The maximum absolute atomic E-state index is 10.6. The molecule has 0 aromatic heterocycles. The molecule has 0 spiro atoms. The van der Waals surface area contributed by atoms with Crippen molar-refractivity contribution in [2.24, 2.45) is 0 Å². The third-order valence-corrected chi connectivity index (χ3v) is 3.87. The predicted molar refractivity (Wildman–Crippen MR) is 72.0 cm³/mol. The van der Waals surface area contributed by atoms with Gasteiger partial charge in [0.05, 0.1) is 5.60 Å². The molecule has 1 saturated carbocycles. The lowest BCUT2D eigenvalue weighted by atomic mass is 9.83. The first kappa shape index (κ1) is 12.4. The van der Waals surface area contributed by atoms with E-state index in [4.69, 9.17) is 0 Å². The van der Waals surface area contributed by atoms with Gasteiger partial charge in [-0.25, -0.2) is 0 Å². The zero-order valence-electron chi connectivity index (χ0n) is 10.4. The van der Waals surface area contributed by atoms with Crippen LogP contribution in [0.25, 0.3) is 0 Å². The minimum Gasteiger partial charge on any atom is -0.390 e. The van der Waals surface area contributed by atoms with Gasteiger partial charge < -0.3 is 5.11 Å². The van der Waals surface area contributed by atoms with Crippen LogP contribution in [0, 0.1) is 0 Å². The summed E-state index contributed by atoms with van der Waals surface area (Å²) in [4.78, 5) is 0. The van der Waals surface area contributed by atoms with Gasteiger partial charge in [-0.05, 0) is 37.2 Å². The van der Waals surface area contributed by atoms with Gasteiger partial charge in [-0.2, -0.15) is 0 Å². The lowest BCUT2D eigenvalue weighted by Crippen LogP contribution is -2.28. The Morgan fingerprint density at radius 1 is 1.29 bits per heavy atom. The van der Waals surface area contributed by atoms with Gasteiger partial charge in [-0.15, -0.1) is 6.58 Å². The van der Waals surface area contributed by atoms with E-state index < -0.39 is 5.60 Å². The summed E-state index contributed by atoms with van der Waals surface area (Å²) in [5.74, 6) is 0.503. The molecule has 0 aliphatic heterocycles. The molecule has 2 atom stereocenters. The molecule has 0 radical (unpaired) electrons. The molecule has 92 valence electrons. The molecule has 0 heterocycles. The average Bonchev–Trinajstić information content (AvgIpc) is 2.53. The Morgan fingerprint density at radius 2 is 2.06 bits per heavy atom. The largest absolute Gasteiger partial charge is 0.390 e. The summed E-state index contributed by atoms with van der Waals surface area (Å²) in [7, 11) is 0. The maximum atomic E-state index is 10.6. The van der Waals surface area contributed by atoms with E-state index in [0.717, 1.165) is 25.7 Å². The molecule has 1 aliphatic rings. The predicted octanol–water partition coefficient (Wildman–Crippen LogP) is 4.04. The van der Waals surface area contributed by atoms with Gasteiger partial charge in [0, 0.05) is 0 Å². The third kappa shape index (κ3) is 3.19. The molecule has 0 unspecified atom stereocenters.